The van der Waals surface area contributed by atoms with Crippen LogP contribution in [0.15, 0.2) is 36.4 Å². The average molecular weight is 274 g/mol. The van der Waals surface area contributed by atoms with Gasteiger partial charge in [-0.05, 0) is 36.4 Å². The standard InChI is InChI=1S/C14H15FN4O/c1-9(2)14(20)17-13-8-7-12(18-19-13)16-11-5-3-10(15)4-6-11/h3-9H,1-2H3,(H,16,18)(H,17,19,20). The number of carbonyl (C=O) groups excluding carboxylic acids is 1. The maximum absolute atomic E-state index is 12.8. The molecule has 0 aliphatic carbocycles. The first-order chi connectivity index (χ1) is 9.54. The third-order valence-corrected chi connectivity index (χ3v) is 2.56. The number of nitrogens with one attached hydrogen (secondary N) is 2. The van der Waals surface area contributed by atoms with Gasteiger partial charge in [0.2, 0.25) is 5.91 Å². The molecule has 1 aromatic heterocycles. The van der Waals surface area contributed by atoms with Crippen LogP contribution in [0.2, 0.25) is 0 Å². The van der Waals surface area contributed by atoms with E-state index in [1.807, 2.05) is 0 Å². The van der Waals surface area contributed by atoms with E-state index < -0.39 is 0 Å². The van der Waals surface area contributed by atoms with Gasteiger partial charge in [0.15, 0.2) is 11.6 Å². The second-order valence-corrected chi connectivity index (χ2v) is 4.58. The van der Waals surface area contributed by atoms with Gasteiger partial charge in [-0.3, -0.25) is 4.79 Å². The number of amides is 1. The van der Waals surface area contributed by atoms with Gasteiger partial charge < -0.3 is 10.6 Å². The third-order valence-electron chi connectivity index (χ3n) is 2.56. The second-order valence-electron chi connectivity index (χ2n) is 4.58. The Kier molecular flexibility index (Phi) is 4.24. The van der Waals surface area contributed by atoms with Crippen LogP contribution in [0.3, 0.4) is 0 Å². The van der Waals surface area contributed by atoms with E-state index in [0.717, 1.165) is 0 Å². The highest BCUT2D eigenvalue weighted by Crippen LogP contribution is 2.15. The largest absolute Gasteiger partial charge is 0.339 e. The fraction of sp³-hybridized carbons (Fsp3) is 0.214. The topological polar surface area (TPSA) is 66.9 Å². The molecule has 5 nitrogen and oxygen atoms in total. The van der Waals surface area contributed by atoms with Gasteiger partial charge in [-0.15, -0.1) is 10.2 Å². The lowest BCUT2D eigenvalue weighted by atomic mass is 10.2. The van der Waals surface area contributed by atoms with Crippen molar-refractivity contribution in [2.75, 3.05) is 10.6 Å². The molecule has 0 aliphatic rings. The highest BCUT2D eigenvalue weighted by atomic mass is 19.1. The minimum atomic E-state index is -0.298. The quantitative estimate of drug-likeness (QED) is 0.899. The number of halogens is 1. The summed E-state index contributed by atoms with van der Waals surface area (Å²) in [6.45, 7) is 3.60. The number of nitrogens with zero attached hydrogens (tertiary/aromatic N) is 2. The van der Waals surface area contributed by atoms with Crippen molar-refractivity contribution < 1.29 is 9.18 Å². The molecule has 104 valence electrons. The summed E-state index contributed by atoms with van der Waals surface area (Å²) in [5, 5.41) is 13.5. The Labute approximate surface area is 116 Å². The molecule has 0 fully saturated rings. The van der Waals surface area contributed by atoms with E-state index in [0.29, 0.717) is 17.3 Å². The summed E-state index contributed by atoms with van der Waals surface area (Å²) in [5.74, 6) is 0.383. The molecule has 0 spiro atoms. The van der Waals surface area contributed by atoms with E-state index in [9.17, 15) is 9.18 Å². The molecular formula is C14H15FN4O. The zero-order chi connectivity index (χ0) is 14.5. The Morgan fingerprint density at radius 1 is 1.05 bits per heavy atom. The first kappa shape index (κ1) is 13.9. The lowest BCUT2D eigenvalue weighted by Crippen LogP contribution is -2.18. The van der Waals surface area contributed by atoms with Crippen LogP contribution >= 0.6 is 0 Å². The molecule has 0 radical (unpaired) electrons. The van der Waals surface area contributed by atoms with Crippen molar-refractivity contribution >= 4 is 23.2 Å². The van der Waals surface area contributed by atoms with E-state index in [-0.39, 0.29) is 17.6 Å². The SMILES string of the molecule is CC(C)C(=O)Nc1ccc(Nc2ccc(F)cc2)nn1. The maximum Gasteiger partial charge on any atom is 0.228 e. The Hall–Kier alpha value is -2.50. The Morgan fingerprint density at radius 2 is 1.65 bits per heavy atom. The van der Waals surface area contributed by atoms with Crippen molar-refractivity contribution in [3.63, 3.8) is 0 Å². The molecule has 2 rings (SSSR count). The number of anilines is 3. The molecule has 1 aromatic carbocycles. The van der Waals surface area contributed by atoms with Gasteiger partial charge in [-0.1, -0.05) is 13.8 Å². The molecule has 6 heteroatoms. The summed E-state index contributed by atoms with van der Waals surface area (Å²) < 4.78 is 12.8. The summed E-state index contributed by atoms with van der Waals surface area (Å²) in [4.78, 5) is 11.5. The highest BCUT2D eigenvalue weighted by molar-refractivity contribution is 5.91. The summed E-state index contributed by atoms with van der Waals surface area (Å²) in [7, 11) is 0. The molecule has 0 saturated carbocycles. The van der Waals surface area contributed by atoms with Crippen LogP contribution in [0, 0.1) is 11.7 Å². The van der Waals surface area contributed by atoms with Crippen LogP contribution in [0.25, 0.3) is 0 Å². The summed E-state index contributed by atoms with van der Waals surface area (Å²) in [6.07, 6.45) is 0. The van der Waals surface area contributed by atoms with E-state index in [1.165, 1.54) is 12.1 Å². The number of rotatable bonds is 4. The van der Waals surface area contributed by atoms with Crippen LogP contribution in [-0.2, 0) is 4.79 Å². The van der Waals surface area contributed by atoms with Crippen molar-refractivity contribution in [2.24, 2.45) is 5.92 Å². The number of hydrogen-bond donors (Lipinski definition) is 2. The van der Waals surface area contributed by atoms with Gasteiger partial charge in [0.1, 0.15) is 5.82 Å². The van der Waals surface area contributed by atoms with E-state index in [2.05, 4.69) is 20.8 Å². The lowest BCUT2D eigenvalue weighted by Gasteiger charge is -2.08. The van der Waals surface area contributed by atoms with Crippen molar-refractivity contribution in [1.29, 1.82) is 0 Å². The smallest absolute Gasteiger partial charge is 0.228 e. The fourth-order valence-corrected chi connectivity index (χ4v) is 1.42. The normalized spacial score (nSPS) is 10.4. The first-order valence-electron chi connectivity index (χ1n) is 6.22. The predicted octanol–water partition coefficient (Wildman–Crippen LogP) is 2.95. The van der Waals surface area contributed by atoms with Crippen molar-refractivity contribution in [3.05, 3.63) is 42.2 Å². The summed E-state index contributed by atoms with van der Waals surface area (Å²) in [6, 6.07) is 9.25. The third kappa shape index (κ3) is 3.74. The van der Waals surface area contributed by atoms with Crippen LogP contribution in [0.4, 0.5) is 21.7 Å². The van der Waals surface area contributed by atoms with Crippen LogP contribution < -0.4 is 10.6 Å². The predicted molar refractivity (Wildman–Crippen MR) is 75.2 cm³/mol. The van der Waals surface area contributed by atoms with Crippen molar-refractivity contribution in [3.8, 4) is 0 Å². The number of hydrogen-bond acceptors (Lipinski definition) is 4. The number of aromatic nitrogens is 2. The molecule has 0 atom stereocenters. The minimum Gasteiger partial charge on any atom is -0.339 e. The molecule has 0 aliphatic heterocycles. The van der Waals surface area contributed by atoms with Gasteiger partial charge in [-0.2, -0.15) is 0 Å². The number of benzene rings is 1. The molecule has 1 amide bonds. The van der Waals surface area contributed by atoms with Crippen LogP contribution in [-0.4, -0.2) is 16.1 Å². The molecular weight excluding hydrogens is 259 g/mol. The summed E-state index contributed by atoms with van der Waals surface area (Å²) in [5.41, 5.74) is 0.708. The zero-order valence-electron chi connectivity index (χ0n) is 11.2. The second kappa shape index (κ2) is 6.10. The van der Waals surface area contributed by atoms with E-state index >= 15 is 0 Å². The molecule has 1 heterocycles. The van der Waals surface area contributed by atoms with Crippen LogP contribution in [0.5, 0.6) is 0 Å². The van der Waals surface area contributed by atoms with Gasteiger partial charge in [-0.25, -0.2) is 4.39 Å². The van der Waals surface area contributed by atoms with E-state index in [4.69, 9.17) is 0 Å². The minimum absolute atomic E-state index is 0.112. The van der Waals surface area contributed by atoms with Crippen molar-refractivity contribution in [1.82, 2.24) is 10.2 Å². The van der Waals surface area contributed by atoms with Crippen molar-refractivity contribution in [2.45, 2.75) is 13.8 Å². The molecule has 2 N–H and O–H groups in total. The summed E-state index contributed by atoms with van der Waals surface area (Å²) >= 11 is 0. The first-order valence-corrected chi connectivity index (χ1v) is 6.22. The average Bonchev–Trinajstić information content (AvgIpc) is 2.43. The Morgan fingerprint density at radius 3 is 2.20 bits per heavy atom. The van der Waals surface area contributed by atoms with Gasteiger partial charge in [0.05, 0.1) is 0 Å². The number of carbonyl (C=O) groups is 1. The Bertz CT molecular complexity index is 581. The van der Waals surface area contributed by atoms with Crippen LogP contribution in [0.1, 0.15) is 13.8 Å². The van der Waals surface area contributed by atoms with Gasteiger partial charge in [0.25, 0.3) is 0 Å². The van der Waals surface area contributed by atoms with Gasteiger partial charge >= 0.3 is 0 Å². The maximum atomic E-state index is 12.8. The lowest BCUT2D eigenvalue weighted by molar-refractivity contribution is -0.118. The highest BCUT2D eigenvalue weighted by Gasteiger charge is 2.08. The molecule has 0 saturated heterocycles. The molecule has 2 aromatic rings. The fourth-order valence-electron chi connectivity index (χ4n) is 1.42. The molecule has 20 heavy (non-hydrogen) atoms. The molecule has 0 bridgehead atoms. The van der Waals surface area contributed by atoms with Gasteiger partial charge in [0, 0.05) is 11.6 Å². The monoisotopic (exact) mass is 274 g/mol. The molecule has 0 unspecified atom stereocenters. The zero-order valence-corrected chi connectivity index (χ0v) is 11.2. The van der Waals surface area contributed by atoms with E-state index in [1.54, 1.807) is 38.1 Å². The Balaban J connectivity index is 2.01.